The van der Waals surface area contributed by atoms with Gasteiger partial charge in [0.2, 0.25) is 5.89 Å². The van der Waals surface area contributed by atoms with Crippen molar-refractivity contribution in [2.45, 2.75) is 57.7 Å². The minimum atomic E-state index is 0.221. The van der Waals surface area contributed by atoms with Crippen LogP contribution in [0.3, 0.4) is 0 Å². The Morgan fingerprint density at radius 3 is 2.95 bits per heavy atom. The van der Waals surface area contributed by atoms with Gasteiger partial charge in [0.15, 0.2) is 11.6 Å². The third kappa shape index (κ3) is 2.44. The van der Waals surface area contributed by atoms with Gasteiger partial charge in [-0.2, -0.15) is 4.98 Å². The molecule has 3 heterocycles. The molecule has 0 amide bonds. The van der Waals surface area contributed by atoms with E-state index >= 15 is 0 Å². The summed E-state index contributed by atoms with van der Waals surface area (Å²) < 4.78 is 7.22. The molecule has 0 unspecified atom stereocenters. The van der Waals surface area contributed by atoms with E-state index < -0.39 is 0 Å². The molecule has 8 nitrogen and oxygen atoms in total. The quantitative estimate of drug-likeness (QED) is 0.819. The highest BCUT2D eigenvalue weighted by molar-refractivity contribution is 5.00. The maximum Gasteiger partial charge on any atom is 0.226 e. The highest BCUT2D eigenvalue weighted by atomic mass is 16.5. The first kappa shape index (κ1) is 12.9. The van der Waals surface area contributed by atoms with E-state index in [-0.39, 0.29) is 6.04 Å². The zero-order valence-corrected chi connectivity index (χ0v) is 12.1. The second kappa shape index (κ2) is 5.18. The molecule has 2 aromatic heterocycles. The number of hydrogen-bond donors (Lipinski definition) is 0. The van der Waals surface area contributed by atoms with Gasteiger partial charge in [-0.25, -0.2) is 4.68 Å². The lowest BCUT2D eigenvalue weighted by Gasteiger charge is -2.20. The Morgan fingerprint density at radius 2 is 2.19 bits per heavy atom. The van der Waals surface area contributed by atoms with E-state index in [4.69, 9.17) is 4.52 Å². The largest absolute Gasteiger partial charge is 0.339 e. The summed E-state index contributed by atoms with van der Waals surface area (Å²) in [7, 11) is 0. The molecule has 2 fully saturated rings. The Hall–Kier alpha value is -1.83. The second-order valence-corrected chi connectivity index (χ2v) is 5.80. The average molecular weight is 289 g/mol. The maximum atomic E-state index is 5.25. The zero-order valence-electron chi connectivity index (χ0n) is 12.1. The van der Waals surface area contributed by atoms with Crippen LogP contribution < -0.4 is 0 Å². The summed E-state index contributed by atoms with van der Waals surface area (Å²) in [4.78, 5) is 6.84. The highest BCUT2D eigenvalue weighted by Crippen LogP contribution is 2.36. The molecule has 1 saturated carbocycles. The third-order valence-corrected chi connectivity index (χ3v) is 4.25. The summed E-state index contributed by atoms with van der Waals surface area (Å²) in [5.41, 5.74) is 0. The molecule has 21 heavy (non-hydrogen) atoms. The van der Waals surface area contributed by atoms with Crippen molar-refractivity contribution in [3.8, 4) is 0 Å². The lowest BCUT2D eigenvalue weighted by molar-refractivity contribution is 0.224. The van der Waals surface area contributed by atoms with Gasteiger partial charge in [0, 0.05) is 6.42 Å². The molecule has 0 aromatic carbocycles. The van der Waals surface area contributed by atoms with Crippen LogP contribution in [0.5, 0.6) is 0 Å². The molecule has 0 spiro atoms. The van der Waals surface area contributed by atoms with E-state index in [1.807, 2.05) is 11.6 Å². The molecule has 2 aromatic rings. The summed E-state index contributed by atoms with van der Waals surface area (Å²) in [5, 5.41) is 16.3. The topological polar surface area (TPSA) is 85.8 Å². The van der Waals surface area contributed by atoms with Crippen LogP contribution in [0.2, 0.25) is 0 Å². The summed E-state index contributed by atoms with van der Waals surface area (Å²) >= 11 is 0. The summed E-state index contributed by atoms with van der Waals surface area (Å²) in [6, 6.07) is 0.728. The fourth-order valence-corrected chi connectivity index (χ4v) is 2.96. The van der Waals surface area contributed by atoms with Gasteiger partial charge >= 0.3 is 0 Å². The predicted octanol–water partition coefficient (Wildman–Crippen LogP) is 1.29. The van der Waals surface area contributed by atoms with Gasteiger partial charge in [-0.05, 0) is 42.7 Å². The van der Waals surface area contributed by atoms with E-state index in [1.165, 1.54) is 12.8 Å². The van der Waals surface area contributed by atoms with E-state index in [0.717, 1.165) is 44.0 Å². The normalized spacial score (nSPS) is 23.0. The molecule has 4 rings (SSSR count). The average Bonchev–Trinajstić information content (AvgIpc) is 2.95. The van der Waals surface area contributed by atoms with Crippen LogP contribution in [0, 0.1) is 0 Å². The minimum Gasteiger partial charge on any atom is -0.339 e. The molecule has 1 atom stereocenters. The van der Waals surface area contributed by atoms with E-state index in [1.54, 1.807) is 0 Å². The molecular formula is C13H19N7O. The summed E-state index contributed by atoms with van der Waals surface area (Å²) in [5.74, 6) is 2.46. The third-order valence-electron chi connectivity index (χ3n) is 4.25. The van der Waals surface area contributed by atoms with Crippen molar-refractivity contribution in [1.29, 1.82) is 0 Å². The van der Waals surface area contributed by atoms with Crippen molar-refractivity contribution < 1.29 is 4.52 Å². The molecule has 112 valence electrons. The number of tetrazole rings is 1. The Kier molecular flexibility index (Phi) is 3.17. The van der Waals surface area contributed by atoms with Crippen LogP contribution in [0.15, 0.2) is 4.52 Å². The molecule has 0 bridgehead atoms. The van der Waals surface area contributed by atoms with Crippen molar-refractivity contribution >= 4 is 0 Å². The van der Waals surface area contributed by atoms with Crippen LogP contribution in [0.25, 0.3) is 0 Å². The van der Waals surface area contributed by atoms with Gasteiger partial charge in [-0.1, -0.05) is 12.1 Å². The molecule has 8 heteroatoms. The fourth-order valence-electron chi connectivity index (χ4n) is 2.96. The minimum absolute atomic E-state index is 0.221. The first-order valence-corrected chi connectivity index (χ1v) is 7.68. The number of likely N-dealkylation sites (tertiary alicyclic amines) is 1. The number of rotatable bonds is 5. The summed E-state index contributed by atoms with van der Waals surface area (Å²) in [6.45, 7) is 3.80. The van der Waals surface area contributed by atoms with Crippen molar-refractivity contribution in [1.82, 2.24) is 35.2 Å². The fraction of sp³-hybridized carbons (Fsp3) is 0.769. The van der Waals surface area contributed by atoms with E-state index in [2.05, 4.69) is 30.6 Å². The Balaban J connectivity index is 1.52. The van der Waals surface area contributed by atoms with Gasteiger partial charge < -0.3 is 4.52 Å². The first-order valence-electron chi connectivity index (χ1n) is 7.68. The number of nitrogens with zero attached hydrogens (tertiary/aromatic N) is 7. The van der Waals surface area contributed by atoms with Crippen LogP contribution in [0.4, 0.5) is 0 Å². The molecule has 1 aliphatic carbocycles. The van der Waals surface area contributed by atoms with Crippen LogP contribution >= 0.6 is 0 Å². The standard InChI is InChI=1S/C13H19N7O/c1-2-12-14-13(16-21-12)10-4-3-7-19(10)8-11-15-17-18-20(11)9-5-6-9/h9-10H,2-8H2,1H3/t10-/m0/s1. The molecule has 0 N–H and O–H groups in total. The Labute approximate surface area is 122 Å². The molecule has 1 aliphatic heterocycles. The number of aryl methyl sites for hydroxylation is 1. The highest BCUT2D eigenvalue weighted by Gasteiger charge is 2.33. The lowest BCUT2D eigenvalue weighted by atomic mass is 10.2. The molecule has 1 saturated heterocycles. The number of hydrogen-bond acceptors (Lipinski definition) is 7. The number of aromatic nitrogens is 6. The van der Waals surface area contributed by atoms with Crippen LogP contribution in [-0.4, -0.2) is 41.8 Å². The van der Waals surface area contributed by atoms with Crippen molar-refractivity contribution in [2.24, 2.45) is 0 Å². The maximum absolute atomic E-state index is 5.25. The molecule has 0 radical (unpaired) electrons. The van der Waals surface area contributed by atoms with Crippen molar-refractivity contribution in [2.75, 3.05) is 6.54 Å². The first-order chi connectivity index (χ1) is 10.3. The van der Waals surface area contributed by atoms with E-state index in [9.17, 15) is 0 Å². The second-order valence-electron chi connectivity index (χ2n) is 5.80. The van der Waals surface area contributed by atoms with Gasteiger partial charge in [-0.3, -0.25) is 4.90 Å². The Bertz CT molecular complexity index is 618. The Morgan fingerprint density at radius 1 is 1.29 bits per heavy atom. The van der Waals surface area contributed by atoms with Gasteiger partial charge in [-0.15, -0.1) is 5.10 Å². The van der Waals surface area contributed by atoms with Crippen LogP contribution in [0.1, 0.15) is 62.2 Å². The lowest BCUT2D eigenvalue weighted by Crippen LogP contribution is -2.25. The predicted molar refractivity (Wildman–Crippen MR) is 72.1 cm³/mol. The SMILES string of the molecule is CCc1nc([C@@H]2CCCN2Cc2nnnn2C2CC2)no1. The van der Waals surface area contributed by atoms with Gasteiger partial charge in [0.05, 0.1) is 18.6 Å². The van der Waals surface area contributed by atoms with Gasteiger partial charge in [0.25, 0.3) is 0 Å². The monoisotopic (exact) mass is 289 g/mol. The zero-order chi connectivity index (χ0) is 14.2. The molecule has 2 aliphatic rings. The summed E-state index contributed by atoms with van der Waals surface area (Å²) in [6.07, 6.45) is 5.36. The van der Waals surface area contributed by atoms with Crippen molar-refractivity contribution in [3.05, 3.63) is 17.5 Å². The molecular weight excluding hydrogens is 270 g/mol. The van der Waals surface area contributed by atoms with Crippen LogP contribution in [-0.2, 0) is 13.0 Å². The van der Waals surface area contributed by atoms with Crippen molar-refractivity contribution in [3.63, 3.8) is 0 Å². The van der Waals surface area contributed by atoms with E-state index in [0.29, 0.717) is 11.9 Å². The smallest absolute Gasteiger partial charge is 0.226 e. The van der Waals surface area contributed by atoms with Gasteiger partial charge in [0.1, 0.15) is 0 Å².